The average Bonchev–Trinajstić information content (AvgIpc) is 3.08. The van der Waals surface area contributed by atoms with Gasteiger partial charge in [0.1, 0.15) is 5.76 Å². The molecule has 0 aliphatic heterocycles. The lowest BCUT2D eigenvalue weighted by Crippen LogP contribution is -2.22. The standard InChI is InChI=1S/C16H16ClNOS/c1-2-9-18-15(13-6-7-14(17)19-13)12-5-3-4-11-8-10-20-16(11)12/h3-8,10,15,18H,2,9H2,1H3. The van der Waals surface area contributed by atoms with Crippen molar-refractivity contribution in [2.75, 3.05) is 6.54 Å². The quantitative estimate of drug-likeness (QED) is 0.697. The maximum Gasteiger partial charge on any atom is 0.193 e. The molecule has 104 valence electrons. The first-order chi connectivity index (χ1) is 9.79. The molecule has 1 unspecified atom stereocenters. The highest BCUT2D eigenvalue weighted by Crippen LogP contribution is 2.33. The number of benzene rings is 1. The van der Waals surface area contributed by atoms with Crippen molar-refractivity contribution in [1.82, 2.24) is 5.32 Å². The molecule has 3 rings (SSSR count). The number of nitrogens with one attached hydrogen (secondary N) is 1. The summed E-state index contributed by atoms with van der Waals surface area (Å²) in [7, 11) is 0. The molecule has 1 aromatic carbocycles. The lowest BCUT2D eigenvalue weighted by Gasteiger charge is -2.17. The molecule has 2 nitrogen and oxygen atoms in total. The van der Waals surface area contributed by atoms with Gasteiger partial charge in [0.25, 0.3) is 0 Å². The van der Waals surface area contributed by atoms with Crippen LogP contribution >= 0.6 is 22.9 Å². The number of halogens is 1. The fourth-order valence-electron chi connectivity index (χ4n) is 2.38. The molecular formula is C16H16ClNOS. The SMILES string of the molecule is CCCNC(c1ccc(Cl)o1)c1cccc2ccsc12. The minimum absolute atomic E-state index is 0.0461. The van der Waals surface area contributed by atoms with Crippen LogP contribution in [0.1, 0.15) is 30.7 Å². The summed E-state index contributed by atoms with van der Waals surface area (Å²) in [5, 5.41) is 7.38. The molecule has 0 saturated carbocycles. The number of fused-ring (bicyclic) bond motifs is 1. The molecule has 2 aromatic heterocycles. The second-order valence-corrected chi connectivity index (χ2v) is 6.00. The number of hydrogen-bond acceptors (Lipinski definition) is 3. The van der Waals surface area contributed by atoms with Gasteiger partial charge in [-0.2, -0.15) is 0 Å². The van der Waals surface area contributed by atoms with Gasteiger partial charge in [0.2, 0.25) is 0 Å². The van der Waals surface area contributed by atoms with Gasteiger partial charge in [-0.25, -0.2) is 0 Å². The first-order valence-corrected chi connectivity index (χ1v) is 8.00. The fourth-order valence-corrected chi connectivity index (χ4v) is 3.48. The van der Waals surface area contributed by atoms with Gasteiger partial charge in [-0.15, -0.1) is 11.3 Å². The van der Waals surface area contributed by atoms with Gasteiger partial charge in [0.05, 0.1) is 6.04 Å². The van der Waals surface area contributed by atoms with Crippen LogP contribution in [0, 0.1) is 0 Å². The van der Waals surface area contributed by atoms with Crippen molar-refractivity contribution in [3.8, 4) is 0 Å². The second-order valence-electron chi connectivity index (χ2n) is 4.72. The zero-order valence-electron chi connectivity index (χ0n) is 11.2. The maximum atomic E-state index is 5.93. The Balaban J connectivity index is 2.06. The van der Waals surface area contributed by atoms with Crippen molar-refractivity contribution in [2.45, 2.75) is 19.4 Å². The number of rotatable bonds is 5. The summed E-state index contributed by atoms with van der Waals surface area (Å²) in [6, 6.07) is 12.3. The Morgan fingerprint density at radius 2 is 2.15 bits per heavy atom. The lowest BCUT2D eigenvalue weighted by molar-refractivity contribution is 0.449. The van der Waals surface area contributed by atoms with Crippen LogP contribution in [0.5, 0.6) is 0 Å². The molecule has 1 N–H and O–H groups in total. The summed E-state index contributed by atoms with van der Waals surface area (Å²) in [6.07, 6.45) is 1.07. The van der Waals surface area contributed by atoms with E-state index in [1.807, 2.05) is 6.07 Å². The number of furan rings is 1. The van der Waals surface area contributed by atoms with E-state index in [2.05, 4.69) is 41.9 Å². The molecule has 0 radical (unpaired) electrons. The van der Waals surface area contributed by atoms with Gasteiger partial charge in [0, 0.05) is 4.70 Å². The number of thiophene rings is 1. The zero-order valence-corrected chi connectivity index (χ0v) is 12.8. The molecule has 0 spiro atoms. The first kappa shape index (κ1) is 13.7. The van der Waals surface area contributed by atoms with Gasteiger partial charge in [-0.05, 0) is 59.1 Å². The summed E-state index contributed by atoms with van der Waals surface area (Å²) in [5.41, 5.74) is 1.25. The van der Waals surface area contributed by atoms with Gasteiger partial charge >= 0.3 is 0 Å². The normalized spacial score (nSPS) is 12.9. The van der Waals surface area contributed by atoms with E-state index in [4.69, 9.17) is 16.0 Å². The summed E-state index contributed by atoms with van der Waals surface area (Å²) in [6.45, 7) is 3.09. The Morgan fingerprint density at radius 3 is 2.90 bits per heavy atom. The first-order valence-electron chi connectivity index (χ1n) is 6.74. The van der Waals surface area contributed by atoms with Gasteiger partial charge in [-0.3, -0.25) is 0 Å². The summed E-state index contributed by atoms with van der Waals surface area (Å²) < 4.78 is 6.93. The van der Waals surface area contributed by atoms with Crippen molar-refractivity contribution in [3.05, 3.63) is 58.3 Å². The van der Waals surface area contributed by atoms with Crippen molar-refractivity contribution < 1.29 is 4.42 Å². The van der Waals surface area contributed by atoms with Gasteiger partial charge < -0.3 is 9.73 Å². The molecule has 0 amide bonds. The van der Waals surface area contributed by atoms with E-state index in [0.29, 0.717) is 5.22 Å². The van der Waals surface area contributed by atoms with Crippen LogP contribution in [0.2, 0.25) is 5.22 Å². The van der Waals surface area contributed by atoms with Crippen molar-refractivity contribution in [3.63, 3.8) is 0 Å². The molecule has 20 heavy (non-hydrogen) atoms. The summed E-state index contributed by atoms with van der Waals surface area (Å²) in [4.78, 5) is 0. The average molecular weight is 306 g/mol. The van der Waals surface area contributed by atoms with Gasteiger partial charge in [0.15, 0.2) is 5.22 Å². The zero-order chi connectivity index (χ0) is 13.9. The van der Waals surface area contributed by atoms with E-state index in [1.54, 1.807) is 17.4 Å². The van der Waals surface area contributed by atoms with Crippen LogP contribution < -0.4 is 5.32 Å². The smallest absolute Gasteiger partial charge is 0.193 e. The minimum Gasteiger partial charge on any atom is -0.448 e. The van der Waals surface area contributed by atoms with Crippen molar-refractivity contribution >= 4 is 33.0 Å². The Kier molecular flexibility index (Phi) is 4.10. The Labute approximate surface area is 127 Å². The van der Waals surface area contributed by atoms with E-state index < -0.39 is 0 Å². The third-order valence-electron chi connectivity index (χ3n) is 3.30. The summed E-state index contributed by atoms with van der Waals surface area (Å²) in [5.74, 6) is 0.865. The molecule has 0 bridgehead atoms. The molecule has 0 aliphatic carbocycles. The predicted molar refractivity (Wildman–Crippen MR) is 85.7 cm³/mol. The predicted octanol–water partition coefficient (Wildman–Crippen LogP) is 5.24. The Hall–Kier alpha value is -1.29. The fraction of sp³-hybridized carbons (Fsp3) is 0.250. The van der Waals surface area contributed by atoms with Crippen LogP contribution in [0.15, 0.2) is 46.2 Å². The maximum absolute atomic E-state index is 5.93. The minimum atomic E-state index is 0.0461. The Morgan fingerprint density at radius 1 is 1.25 bits per heavy atom. The highest BCUT2D eigenvalue weighted by Gasteiger charge is 2.19. The van der Waals surface area contributed by atoms with Gasteiger partial charge in [-0.1, -0.05) is 25.1 Å². The van der Waals surface area contributed by atoms with E-state index >= 15 is 0 Å². The molecule has 0 saturated heterocycles. The highest BCUT2D eigenvalue weighted by molar-refractivity contribution is 7.17. The second kappa shape index (κ2) is 6.00. The van der Waals surface area contributed by atoms with Crippen LogP contribution in [0.25, 0.3) is 10.1 Å². The molecule has 4 heteroatoms. The van der Waals surface area contributed by atoms with Crippen molar-refractivity contribution in [2.24, 2.45) is 0 Å². The molecular weight excluding hydrogens is 290 g/mol. The van der Waals surface area contributed by atoms with Crippen LogP contribution in [0.3, 0.4) is 0 Å². The molecule has 0 aliphatic rings. The molecule has 1 atom stereocenters. The van der Waals surface area contributed by atoms with Crippen LogP contribution in [-0.2, 0) is 0 Å². The van der Waals surface area contributed by atoms with Crippen molar-refractivity contribution in [1.29, 1.82) is 0 Å². The topological polar surface area (TPSA) is 25.2 Å². The highest BCUT2D eigenvalue weighted by atomic mass is 35.5. The van der Waals surface area contributed by atoms with Crippen LogP contribution in [-0.4, -0.2) is 6.54 Å². The van der Waals surface area contributed by atoms with E-state index in [9.17, 15) is 0 Å². The summed E-state index contributed by atoms with van der Waals surface area (Å²) >= 11 is 7.69. The number of hydrogen-bond donors (Lipinski definition) is 1. The molecule has 2 heterocycles. The third kappa shape index (κ3) is 2.62. The Bertz CT molecular complexity index is 703. The molecule has 3 aromatic rings. The monoisotopic (exact) mass is 305 g/mol. The largest absolute Gasteiger partial charge is 0.448 e. The lowest BCUT2D eigenvalue weighted by atomic mass is 10.0. The van der Waals surface area contributed by atoms with E-state index in [-0.39, 0.29) is 6.04 Å². The van der Waals surface area contributed by atoms with Crippen LogP contribution in [0.4, 0.5) is 0 Å². The molecule has 0 fully saturated rings. The van der Waals surface area contributed by atoms with E-state index in [0.717, 1.165) is 18.7 Å². The third-order valence-corrected chi connectivity index (χ3v) is 4.48. The van der Waals surface area contributed by atoms with E-state index in [1.165, 1.54) is 15.6 Å².